The summed E-state index contributed by atoms with van der Waals surface area (Å²) in [4.78, 5) is 2.64. The average molecular weight is 244 g/mol. The summed E-state index contributed by atoms with van der Waals surface area (Å²) in [6.07, 6.45) is 5.33. The number of nitrogens with zero attached hydrogens (tertiary/aromatic N) is 1. The molecule has 0 aliphatic carbocycles. The van der Waals surface area contributed by atoms with Crippen LogP contribution < -0.4 is 5.32 Å². The lowest BCUT2D eigenvalue weighted by Gasteiger charge is -2.21. The third-order valence-electron chi connectivity index (χ3n) is 4.44. The van der Waals surface area contributed by atoms with E-state index in [0.29, 0.717) is 0 Å². The molecule has 3 rings (SSSR count). The van der Waals surface area contributed by atoms with E-state index in [1.54, 1.807) is 0 Å². The van der Waals surface area contributed by atoms with Crippen molar-refractivity contribution >= 4 is 5.69 Å². The molecule has 0 saturated carbocycles. The summed E-state index contributed by atoms with van der Waals surface area (Å²) in [6.45, 7) is 7.18. The SMILES string of the molecule is CC1CCCN(Cc2cccc3c2NCC3)CC1. The number of hydrogen-bond donors (Lipinski definition) is 1. The highest BCUT2D eigenvalue weighted by Gasteiger charge is 2.18. The fourth-order valence-corrected chi connectivity index (χ4v) is 3.26. The maximum absolute atomic E-state index is 3.56. The summed E-state index contributed by atoms with van der Waals surface area (Å²) in [7, 11) is 0. The van der Waals surface area contributed by atoms with Crippen LogP contribution in [0.3, 0.4) is 0 Å². The summed E-state index contributed by atoms with van der Waals surface area (Å²) in [5.74, 6) is 0.912. The number of rotatable bonds is 2. The van der Waals surface area contributed by atoms with E-state index in [-0.39, 0.29) is 0 Å². The number of anilines is 1. The molecule has 1 aromatic rings. The van der Waals surface area contributed by atoms with Gasteiger partial charge < -0.3 is 5.32 Å². The second-order valence-corrected chi connectivity index (χ2v) is 5.94. The van der Waals surface area contributed by atoms with Gasteiger partial charge in [0.2, 0.25) is 0 Å². The maximum atomic E-state index is 3.56. The van der Waals surface area contributed by atoms with Gasteiger partial charge in [0, 0.05) is 18.8 Å². The molecule has 0 spiro atoms. The van der Waals surface area contributed by atoms with E-state index in [4.69, 9.17) is 0 Å². The Kier molecular flexibility index (Phi) is 3.55. The predicted molar refractivity (Wildman–Crippen MR) is 76.9 cm³/mol. The number of hydrogen-bond acceptors (Lipinski definition) is 2. The summed E-state index contributed by atoms with van der Waals surface area (Å²) in [6, 6.07) is 6.79. The normalized spacial score (nSPS) is 24.4. The van der Waals surface area contributed by atoms with E-state index < -0.39 is 0 Å². The van der Waals surface area contributed by atoms with Crippen molar-refractivity contribution in [3.05, 3.63) is 29.3 Å². The van der Waals surface area contributed by atoms with Gasteiger partial charge in [-0.05, 0) is 55.8 Å². The lowest BCUT2D eigenvalue weighted by atomic mass is 10.0. The van der Waals surface area contributed by atoms with Crippen molar-refractivity contribution < 1.29 is 0 Å². The first-order valence-electron chi connectivity index (χ1n) is 7.40. The second kappa shape index (κ2) is 5.31. The van der Waals surface area contributed by atoms with Crippen LogP contribution in [-0.2, 0) is 13.0 Å². The molecule has 0 amide bonds. The largest absolute Gasteiger partial charge is 0.384 e. The molecule has 2 aliphatic heterocycles. The lowest BCUT2D eigenvalue weighted by molar-refractivity contribution is 0.274. The summed E-state index contributed by atoms with van der Waals surface area (Å²) in [5, 5.41) is 3.56. The first-order valence-corrected chi connectivity index (χ1v) is 7.40. The van der Waals surface area contributed by atoms with Crippen molar-refractivity contribution in [3.63, 3.8) is 0 Å². The molecule has 1 saturated heterocycles. The molecule has 0 radical (unpaired) electrons. The van der Waals surface area contributed by atoms with Gasteiger partial charge >= 0.3 is 0 Å². The molecule has 2 heterocycles. The monoisotopic (exact) mass is 244 g/mol. The smallest absolute Gasteiger partial charge is 0.0419 e. The first kappa shape index (κ1) is 12.0. The Morgan fingerprint density at radius 2 is 2.22 bits per heavy atom. The minimum Gasteiger partial charge on any atom is -0.384 e. The van der Waals surface area contributed by atoms with Crippen molar-refractivity contribution in [2.45, 2.75) is 39.2 Å². The van der Waals surface area contributed by atoms with Crippen LogP contribution in [-0.4, -0.2) is 24.5 Å². The van der Waals surface area contributed by atoms with Crippen molar-refractivity contribution in [2.75, 3.05) is 25.0 Å². The van der Waals surface area contributed by atoms with Gasteiger partial charge in [-0.15, -0.1) is 0 Å². The highest BCUT2D eigenvalue weighted by Crippen LogP contribution is 2.28. The van der Waals surface area contributed by atoms with Crippen LogP contribution in [0.2, 0.25) is 0 Å². The van der Waals surface area contributed by atoms with Gasteiger partial charge in [-0.2, -0.15) is 0 Å². The van der Waals surface area contributed by atoms with E-state index >= 15 is 0 Å². The molecule has 18 heavy (non-hydrogen) atoms. The Morgan fingerprint density at radius 1 is 1.28 bits per heavy atom. The fourth-order valence-electron chi connectivity index (χ4n) is 3.26. The van der Waals surface area contributed by atoms with Gasteiger partial charge in [-0.3, -0.25) is 4.90 Å². The van der Waals surface area contributed by atoms with Crippen molar-refractivity contribution in [1.82, 2.24) is 4.90 Å². The van der Waals surface area contributed by atoms with Gasteiger partial charge in [0.15, 0.2) is 0 Å². The summed E-state index contributed by atoms with van der Waals surface area (Å²) < 4.78 is 0. The number of nitrogens with one attached hydrogen (secondary N) is 1. The Morgan fingerprint density at radius 3 is 3.17 bits per heavy atom. The van der Waals surface area contributed by atoms with Crippen LogP contribution in [0, 0.1) is 5.92 Å². The maximum Gasteiger partial charge on any atom is 0.0419 e. The number of likely N-dealkylation sites (tertiary alicyclic amines) is 1. The van der Waals surface area contributed by atoms with Gasteiger partial charge in [0.25, 0.3) is 0 Å². The Bertz CT molecular complexity index is 414. The van der Waals surface area contributed by atoms with E-state index in [0.717, 1.165) is 19.0 Å². The molecule has 2 heteroatoms. The van der Waals surface area contributed by atoms with Crippen molar-refractivity contribution in [1.29, 1.82) is 0 Å². The summed E-state index contributed by atoms with van der Waals surface area (Å²) in [5.41, 5.74) is 4.44. The highest BCUT2D eigenvalue weighted by atomic mass is 15.1. The van der Waals surface area contributed by atoms with E-state index in [1.165, 1.54) is 55.6 Å². The highest BCUT2D eigenvalue weighted by molar-refractivity contribution is 5.61. The number of fused-ring (bicyclic) bond motifs is 1. The molecule has 1 aromatic carbocycles. The molecule has 0 bridgehead atoms. The molecule has 2 aliphatic rings. The van der Waals surface area contributed by atoms with Crippen LogP contribution >= 0.6 is 0 Å². The van der Waals surface area contributed by atoms with Gasteiger partial charge in [0.05, 0.1) is 0 Å². The average Bonchev–Trinajstić information content (AvgIpc) is 2.76. The second-order valence-electron chi connectivity index (χ2n) is 5.94. The van der Waals surface area contributed by atoms with Gasteiger partial charge in [0.1, 0.15) is 0 Å². The third kappa shape index (κ3) is 2.54. The summed E-state index contributed by atoms with van der Waals surface area (Å²) >= 11 is 0. The fraction of sp³-hybridized carbons (Fsp3) is 0.625. The van der Waals surface area contributed by atoms with E-state index in [9.17, 15) is 0 Å². The minimum atomic E-state index is 0.912. The molecule has 1 atom stereocenters. The number of para-hydroxylation sites is 1. The molecular weight excluding hydrogens is 220 g/mol. The van der Waals surface area contributed by atoms with Crippen molar-refractivity contribution in [2.24, 2.45) is 5.92 Å². The lowest BCUT2D eigenvalue weighted by Crippen LogP contribution is -2.24. The van der Waals surface area contributed by atoms with Crippen LogP contribution in [0.5, 0.6) is 0 Å². The molecule has 0 aromatic heterocycles. The topological polar surface area (TPSA) is 15.3 Å². The first-order chi connectivity index (χ1) is 8.83. The zero-order valence-electron chi connectivity index (χ0n) is 11.4. The van der Waals surface area contributed by atoms with E-state index in [1.807, 2.05) is 0 Å². The molecule has 1 unspecified atom stereocenters. The van der Waals surface area contributed by atoms with Gasteiger partial charge in [-0.1, -0.05) is 25.1 Å². The van der Waals surface area contributed by atoms with Crippen LogP contribution in [0.15, 0.2) is 18.2 Å². The molecule has 2 nitrogen and oxygen atoms in total. The zero-order chi connectivity index (χ0) is 12.4. The van der Waals surface area contributed by atoms with Gasteiger partial charge in [-0.25, -0.2) is 0 Å². The standard InChI is InChI=1S/C16H24N2/c1-13-4-3-10-18(11-8-13)12-15-6-2-5-14-7-9-17-16(14)15/h2,5-6,13,17H,3-4,7-12H2,1H3. The van der Waals surface area contributed by atoms with Crippen molar-refractivity contribution in [3.8, 4) is 0 Å². The predicted octanol–water partition coefficient (Wildman–Crippen LogP) is 3.28. The molecule has 1 N–H and O–H groups in total. The van der Waals surface area contributed by atoms with E-state index in [2.05, 4.69) is 35.3 Å². The zero-order valence-corrected chi connectivity index (χ0v) is 11.4. The Balaban J connectivity index is 1.71. The Labute approximate surface area is 110 Å². The quantitative estimate of drug-likeness (QED) is 0.859. The minimum absolute atomic E-state index is 0.912. The van der Waals surface area contributed by atoms with Crippen LogP contribution in [0.4, 0.5) is 5.69 Å². The third-order valence-corrected chi connectivity index (χ3v) is 4.44. The number of benzene rings is 1. The molecular formula is C16H24N2. The Hall–Kier alpha value is -1.02. The molecule has 1 fully saturated rings. The van der Waals surface area contributed by atoms with Crippen LogP contribution in [0.1, 0.15) is 37.3 Å². The van der Waals surface area contributed by atoms with Crippen LogP contribution in [0.25, 0.3) is 0 Å². The molecule has 98 valence electrons.